The number of aliphatic carboxylic acids is 1. The number of thiol groups is 1. The molecular formula is C25H40N5O16PS. The second-order valence-electron chi connectivity index (χ2n) is 11.2. The number of aliphatic hydroxyl groups is 5. The minimum Gasteiger partial charge on any atom is -0.477 e. The highest BCUT2D eigenvalue weighted by molar-refractivity contribution is 7.80. The molecule has 3 unspecified atom stereocenters. The Hall–Kier alpha value is -2.57. The van der Waals surface area contributed by atoms with E-state index in [4.69, 9.17) is 30.0 Å². The fourth-order valence-electron chi connectivity index (χ4n) is 5.13. The highest BCUT2D eigenvalue weighted by atomic mass is 32.1. The number of nitrogens with one attached hydrogen (secondary N) is 1. The molecule has 2 aliphatic rings. The van der Waals surface area contributed by atoms with Gasteiger partial charge in [-0.3, -0.25) is 18.7 Å². The molecule has 11 atom stereocenters. The molecule has 0 aliphatic carbocycles. The lowest BCUT2D eigenvalue weighted by Crippen LogP contribution is -2.62. The number of carboxylic acid groups (broad SMARTS) is 1. The zero-order valence-electron chi connectivity index (χ0n) is 25.3. The van der Waals surface area contributed by atoms with Crippen molar-refractivity contribution in [2.75, 3.05) is 31.2 Å². The monoisotopic (exact) mass is 729 g/mol. The number of Topliss-reactive ketones (excluding diaryl/α,β-unsaturated/α-hetero) is 1. The Morgan fingerprint density at radius 3 is 2.54 bits per heavy atom. The molecule has 48 heavy (non-hydrogen) atoms. The minimum absolute atomic E-state index is 0.0881. The molecule has 0 aromatic carbocycles. The first-order valence-corrected chi connectivity index (χ1v) is 16.7. The standard InChI is InChI=1S/C25H40N5O16PS/c26-8-14(33)18(35)21-12(6-11(31)9-28-17(34)2-1-5-48)13(32)7-25(45-21,23(38)39)46-47(41,42)43-10-15-19(36)20(37)22(44-15)30-4-3-16(27)29-24(30)40/h3-4,12-15,18-22,32-33,35-37,48H,1-2,5-10,26H2,(H,28,34)(H,38,39)(H,41,42)(H2,27,29,40)/t12-,13-,14-,15-,18-,19+,20?,21?,22-,25-/m1/s1. The first-order chi connectivity index (χ1) is 22.4. The highest BCUT2D eigenvalue weighted by Crippen LogP contribution is 2.52. The summed E-state index contributed by atoms with van der Waals surface area (Å²) < 4.78 is 34.4. The third-order valence-electron chi connectivity index (χ3n) is 7.65. The number of ketones is 1. The van der Waals surface area contributed by atoms with Crippen LogP contribution in [0.4, 0.5) is 5.82 Å². The molecule has 0 radical (unpaired) electrons. The van der Waals surface area contributed by atoms with Crippen LogP contribution in [0.25, 0.3) is 0 Å². The molecular weight excluding hydrogens is 689 g/mol. The van der Waals surface area contributed by atoms with E-state index in [1.54, 1.807) is 0 Å². The summed E-state index contributed by atoms with van der Waals surface area (Å²) in [4.78, 5) is 63.1. The fourth-order valence-corrected chi connectivity index (χ4v) is 6.24. The summed E-state index contributed by atoms with van der Waals surface area (Å²) in [5, 5.41) is 65.2. The molecule has 0 spiro atoms. The molecule has 2 fully saturated rings. The van der Waals surface area contributed by atoms with Gasteiger partial charge >= 0.3 is 19.5 Å². The van der Waals surface area contributed by atoms with Crippen LogP contribution >= 0.6 is 20.5 Å². The van der Waals surface area contributed by atoms with Crippen LogP contribution in [0, 0.1) is 5.92 Å². The van der Waals surface area contributed by atoms with E-state index < -0.39 is 124 Å². The van der Waals surface area contributed by atoms with Gasteiger partial charge in [0, 0.05) is 37.9 Å². The number of aromatic nitrogens is 2. The van der Waals surface area contributed by atoms with Gasteiger partial charge < -0.3 is 61.8 Å². The summed E-state index contributed by atoms with van der Waals surface area (Å²) >= 11 is 3.99. The number of anilines is 1. The SMILES string of the molecule is NC[C@@H](O)[C@@H](O)C1O[C@](OP(=O)(O)OC[C@H]2O[C@@H](n3ccc(N)nc3=O)C(O)[C@H]2O)(C(=O)O)C[C@@H](O)[C@H]1CC(=O)CNC(=O)CCCS. The van der Waals surface area contributed by atoms with Crippen molar-refractivity contribution in [2.45, 2.75) is 80.4 Å². The number of amides is 1. The number of carbonyl (C=O) groups excluding carboxylic acids is 2. The number of carbonyl (C=O) groups is 3. The number of nitrogens with zero attached hydrogens (tertiary/aromatic N) is 2. The average molecular weight is 730 g/mol. The van der Waals surface area contributed by atoms with Gasteiger partial charge in [-0.1, -0.05) is 0 Å². The average Bonchev–Trinajstić information content (AvgIpc) is 3.30. The number of carboxylic acids is 1. The van der Waals surface area contributed by atoms with Gasteiger partial charge in [0.05, 0.1) is 31.5 Å². The molecule has 23 heteroatoms. The minimum atomic E-state index is -5.55. The van der Waals surface area contributed by atoms with Crippen LogP contribution in [-0.2, 0) is 37.5 Å². The largest absolute Gasteiger partial charge is 0.477 e. The second kappa shape index (κ2) is 16.9. The molecule has 2 saturated heterocycles. The Kier molecular flexibility index (Phi) is 14.0. The van der Waals surface area contributed by atoms with Crippen LogP contribution in [0.3, 0.4) is 0 Å². The second-order valence-corrected chi connectivity index (χ2v) is 13.0. The number of nitrogen functional groups attached to an aromatic ring is 1. The number of hydrogen-bond donors (Lipinski definition) is 11. The Balaban J connectivity index is 1.76. The van der Waals surface area contributed by atoms with Gasteiger partial charge in [0.1, 0.15) is 30.2 Å². The van der Waals surface area contributed by atoms with Crippen LogP contribution in [0.1, 0.15) is 31.9 Å². The van der Waals surface area contributed by atoms with Crippen molar-refractivity contribution in [3.63, 3.8) is 0 Å². The molecule has 0 bridgehead atoms. The molecule has 3 rings (SSSR count). The van der Waals surface area contributed by atoms with E-state index in [2.05, 4.69) is 22.9 Å². The van der Waals surface area contributed by atoms with Crippen molar-refractivity contribution < 1.29 is 73.0 Å². The molecule has 2 aliphatic heterocycles. The molecule has 1 amide bonds. The molecule has 1 aromatic heterocycles. The van der Waals surface area contributed by atoms with Gasteiger partial charge in [-0.2, -0.15) is 17.6 Å². The number of hydrogen-bond acceptors (Lipinski definition) is 18. The van der Waals surface area contributed by atoms with E-state index >= 15 is 0 Å². The summed E-state index contributed by atoms with van der Waals surface area (Å²) in [5.74, 6) is -7.56. The van der Waals surface area contributed by atoms with Gasteiger partial charge in [-0.05, 0) is 18.2 Å². The first kappa shape index (κ1) is 39.9. The number of aliphatic hydroxyl groups excluding tert-OH is 5. The molecule has 0 saturated carbocycles. The van der Waals surface area contributed by atoms with E-state index in [0.717, 1.165) is 10.8 Å². The molecule has 1 aromatic rings. The van der Waals surface area contributed by atoms with Gasteiger partial charge in [-0.15, -0.1) is 0 Å². The van der Waals surface area contributed by atoms with Crippen molar-refractivity contribution in [1.29, 1.82) is 0 Å². The Labute approximate surface area is 277 Å². The van der Waals surface area contributed by atoms with E-state index in [1.165, 1.54) is 6.07 Å². The Morgan fingerprint density at radius 2 is 1.94 bits per heavy atom. The van der Waals surface area contributed by atoms with Gasteiger partial charge in [0.2, 0.25) is 5.91 Å². The van der Waals surface area contributed by atoms with Gasteiger partial charge in [-0.25, -0.2) is 18.7 Å². The predicted molar refractivity (Wildman–Crippen MR) is 162 cm³/mol. The quantitative estimate of drug-likeness (QED) is 0.0532. The molecule has 272 valence electrons. The van der Waals surface area contributed by atoms with E-state index in [9.17, 15) is 59.3 Å². The maximum atomic E-state index is 13.0. The number of phosphoric acid groups is 1. The summed E-state index contributed by atoms with van der Waals surface area (Å²) in [6.07, 6.45) is -14.4. The number of phosphoric ester groups is 1. The van der Waals surface area contributed by atoms with Crippen molar-refractivity contribution >= 4 is 43.9 Å². The van der Waals surface area contributed by atoms with Crippen molar-refractivity contribution in [2.24, 2.45) is 11.7 Å². The molecule has 21 nitrogen and oxygen atoms in total. The Bertz CT molecular complexity index is 1410. The summed E-state index contributed by atoms with van der Waals surface area (Å²) in [5.41, 5.74) is 9.90. The third-order valence-corrected chi connectivity index (χ3v) is 8.97. The summed E-state index contributed by atoms with van der Waals surface area (Å²) in [7, 11) is -5.55. The maximum Gasteiger partial charge on any atom is 0.475 e. The van der Waals surface area contributed by atoms with Crippen molar-refractivity contribution in [1.82, 2.24) is 14.9 Å². The van der Waals surface area contributed by atoms with Crippen molar-refractivity contribution in [3.8, 4) is 0 Å². The third kappa shape index (κ3) is 9.78. The number of rotatable bonds is 17. The first-order valence-electron chi connectivity index (χ1n) is 14.5. The van der Waals surface area contributed by atoms with Crippen LogP contribution < -0.4 is 22.5 Å². The zero-order valence-corrected chi connectivity index (χ0v) is 27.0. The van der Waals surface area contributed by atoms with E-state index in [1.807, 2.05) is 0 Å². The number of ether oxygens (including phenoxy) is 2. The predicted octanol–water partition coefficient (Wildman–Crippen LogP) is -4.41. The Morgan fingerprint density at radius 1 is 1.25 bits per heavy atom. The summed E-state index contributed by atoms with van der Waals surface area (Å²) in [6, 6.07) is 1.20. The van der Waals surface area contributed by atoms with Crippen LogP contribution in [0.15, 0.2) is 17.1 Å². The normalized spacial score (nSPS) is 31.5. The van der Waals surface area contributed by atoms with E-state index in [0.29, 0.717) is 12.2 Å². The van der Waals surface area contributed by atoms with Gasteiger partial charge in [0.25, 0.3) is 5.79 Å². The lowest BCUT2D eigenvalue weighted by atomic mass is 9.80. The van der Waals surface area contributed by atoms with Crippen LogP contribution in [-0.4, -0.2) is 137 Å². The molecule has 3 heterocycles. The topological polar surface area (TPSA) is 346 Å². The van der Waals surface area contributed by atoms with Gasteiger partial charge in [0.15, 0.2) is 12.0 Å². The number of nitrogens with two attached hydrogens (primary N) is 2. The lowest BCUT2D eigenvalue weighted by Gasteiger charge is -2.46. The van der Waals surface area contributed by atoms with Crippen LogP contribution in [0.5, 0.6) is 0 Å². The summed E-state index contributed by atoms with van der Waals surface area (Å²) in [6.45, 7) is -2.10. The zero-order chi connectivity index (χ0) is 36.0. The van der Waals surface area contributed by atoms with Crippen LogP contribution in [0.2, 0.25) is 0 Å². The fraction of sp³-hybridized carbons (Fsp3) is 0.720. The lowest BCUT2D eigenvalue weighted by molar-refractivity contribution is -0.296. The molecule has 12 N–H and O–H groups in total. The highest BCUT2D eigenvalue weighted by Gasteiger charge is 2.58. The smallest absolute Gasteiger partial charge is 0.475 e. The van der Waals surface area contributed by atoms with E-state index in [-0.39, 0.29) is 12.2 Å². The maximum absolute atomic E-state index is 13.0. The van der Waals surface area contributed by atoms with Crippen molar-refractivity contribution in [3.05, 3.63) is 22.7 Å².